The number of benzene rings is 2. The van der Waals surface area contributed by atoms with Gasteiger partial charge in [-0.1, -0.05) is 24.3 Å². The lowest BCUT2D eigenvalue weighted by molar-refractivity contribution is 0.509. The topological polar surface area (TPSA) is 24.1 Å². The highest BCUT2D eigenvalue weighted by molar-refractivity contribution is 7.80. The molecule has 5 heteroatoms. The third-order valence-electron chi connectivity index (χ3n) is 3.85. The fraction of sp³-hybridized carbons (Fsp3) is 0.235. The normalized spacial score (nSPS) is 16.7. The van der Waals surface area contributed by atoms with Crippen LogP contribution in [0.3, 0.4) is 0 Å². The van der Waals surface area contributed by atoms with Gasteiger partial charge in [-0.25, -0.2) is 8.78 Å². The van der Waals surface area contributed by atoms with E-state index in [1.54, 1.807) is 0 Å². The Morgan fingerprint density at radius 3 is 2.73 bits per heavy atom. The maximum absolute atomic E-state index is 13.2. The van der Waals surface area contributed by atoms with Crippen molar-refractivity contribution < 1.29 is 8.78 Å². The summed E-state index contributed by atoms with van der Waals surface area (Å²) in [5, 5.41) is 6.57. The Bertz CT molecular complexity index is 703. The first-order valence-electron chi connectivity index (χ1n) is 7.24. The summed E-state index contributed by atoms with van der Waals surface area (Å²) < 4.78 is 26.1. The molecule has 0 radical (unpaired) electrons. The van der Waals surface area contributed by atoms with Gasteiger partial charge in [0, 0.05) is 11.8 Å². The fourth-order valence-corrected chi connectivity index (χ4v) is 3.06. The number of halogens is 2. The minimum Gasteiger partial charge on any atom is -0.356 e. The number of fused-ring (bicyclic) bond motifs is 1. The highest BCUT2D eigenvalue weighted by Crippen LogP contribution is 2.29. The Hall–Kier alpha value is -2.01. The summed E-state index contributed by atoms with van der Waals surface area (Å²) in [6.07, 6.45) is 3.18. The van der Waals surface area contributed by atoms with Gasteiger partial charge in [-0.2, -0.15) is 0 Å². The lowest BCUT2D eigenvalue weighted by atomic mass is 9.88. The number of rotatable bonds is 2. The van der Waals surface area contributed by atoms with Gasteiger partial charge in [0.05, 0.1) is 6.04 Å². The van der Waals surface area contributed by atoms with Crippen LogP contribution in [0.25, 0.3) is 0 Å². The van der Waals surface area contributed by atoms with E-state index in [1.807, 2.05) is 12.1 Å². The van der Waals surface area contributed by atoms with Crippen molar-refractivity contribution in [2.75, 3.05) is 5.32 Å². The minimum absolute atomic E-state index is 0.148. The third-order valence-corrected chi connectivity index (χ3v) is 4.07. The molecule has 0 heterocycles. The van der Waals surface area contributed by atoms with Gasteiger partial charge in [0.25, 0.3) is 0 Å². The van der Waals surface area contributed by atoms with Crippen molar-refractivity contribution in [3.63, 3.8) is 0 Å². The van der Waals surface area contributed by atoms with Crippen LogP contribution < -0.4 is 10.6 Å². The minimum atomic E-state index is -0.893. The van der Waals surface area contributed by atoms with E-state index >= 15 is 0 Å². The standard InChI is InChI=1S/C17H16F2N2S/c18-14-9-8-12(10-15(14)19)20-17(22)21-16-7-3-5-11-4-1-2-6-13(11)16/h1-2,4,6,8-10,16H,3,5,7H2,(H2,20,21,22)/t16-/m1/s1. The fourth-order valence-electron chi connectivity index (χ4n) is 2.80. The molecule has 1 aliphatic rings. The molecule has 0 aliphatic heterocycles. The second kappa shape index (κ2) is 6.40. The Balaban J connectivity index is 1.69. The summed E-state index contributed by atoms with van der Waals surface area (Å²) in [5.74, 6) is -1.76. The van der Waals surface area contributed by atoms with Gasteiger partial charge >= 0.3 is 0 Å². The largest absolute Gasteiger partial charge is 0.356 e. The quantitative estimate of drug-likeness (QED) is 0.806. The zero-order valence-electron chi connectivity index (χ0n) is 11.9. The van der Waals surface area contributed by atoms with Crippen LogP contribution in [-0.4, -0.2) is 5.11 Å². The van der Waals surface area contributed by atoms with Crippen LogP contribution in [0.1, 0.15) is 30.0 Å². The van der Waals surface area contributed by atoms with Crippen LogP contribution in [0.2, 0.25) is 0 Å². The monoisotopic (exact) mass is 318 g/mol. The summed E-state index contributed by atoms with van der Waals surface area (Å²) in [5.41, 5.74) is 3.02. The van der Waals surface area contributed by atoms with Gasteiger partial charge in [-0.05, 0) is 54.7 Å². The molecule has 0 spiro atoms. The maximum atomic E-state index is 13.2. The first-order chi connectivity index (χ1) is 10.6. The van der Waals surface area contributed by atoms with Crippen molar-refractivity contribution in [2.45, 2.75) is 25.3 Å². The van der Waals surface area contributed by atoms with E-state index in [4.69, 9.17) is 12.2 Å². The summed E-state index contributed by atoms with van der Waals surface area (Å²) in [6.45, 7) is 0. The molecular formula is C17H16F2N2S. The van der Waals surface area contributed by atoms with Crippen molar-refractivity contribution in [2.24, 2.45) is 0 Å². The molecule has 3 rings (SSSR count). The molecule has 2 aromatic carbocycles. The molecule has 2 aromatic rings. The van der Waals surface area contributed by atoms with Crippen molar-refractivity contribution in [1.82, 2.24) is 5.32 Å². The highest BCUT2D eigenvalue weighted by atomic mass is 32.1. The number of thiocarbonyl (C=S) groups is 1. The molecule has 2 N–H and O–H groups in total. The van der Waals surface area contributed by atoms with Crippen molar-refractivity contribution >= 4 is 23.0 Å². The zero-order valence-corrected chi connectivity index (χ0v) is 12.7. The van der Waals surface area contributed by atoms with E-state index in [-0.39, 0.29) is 6.04 Å². The number of nitrogens with one attached hydrogen (secondary N) is 2. The van der Waals surface area contributed by atoms with Crippen molar-refractivity contribution in [3.8, 4) is 0 Å². The zero-order chi connectivity index (χ0) is 15.5. The molecule has 0 amide bonds. The van der Waals surface area contributed by atoms with Crippen LogP contribution in [0.5, 0.6) is 0 Å². The van der Waals surface area contributed by atoms with Crippen LogP contribution in [0.15, 0.2) is 42.5 Å². The Morgan fingerprint density at radius 2 is 1.91 bits per heavy atom. The van der Waals surface area contributed by atoms with Gasteiger partial charge in [0.2, 0.25) is 0 Å². The van der Waals surface area contributed by atoms with Crippen LogP contribution >= 0.6 is 12.2 Å². The van der Waals surface area contributed by atoms with Crippen molar-refractivity contribution in [1.29, 1.82) is 0 Å². The molecule has 0 unspecified atom stereocenters. The third kappa shape index (κ3) is 3.25. The predicted octanol–water partition coefficient (Wildman–Crippen LogP) is 4.33. The van der Waals surface area contributed by atoms with Crippen LogP contribution in [0, 0.1) is 11.6 Å². The molecule has 0 saturated heterocycles. The molecule has 0 bridgehead atoms. The molecule has 1 aliphatic carbocycles. The van der Waals surface area contributed by atoms with Crippen molar-refractivity contribution in [3.05, 3.63) is 65.2 Å². The Kier molecular flexibility index (Phi) is 4.34. The van der Waals surface area contributed by atoms with E-state index in [2.05, 4.69) is 22.8 Å². The summed E-state index contributed by atoms with van der Waals surface area (Å²) in [7, 11) is 0. The molecule has 22 heavy (non-hydrogen) atoms. The van der Waals surface area contributed by atoms with Crippen LogP contribution in [0.4, 0.5) is 14.5 Å². The first-order valence-corrected chi connectivity index (χ1v) is 7.64. The molecular weight excluding hydrogens is 302 g/mol. The molecule has 0 fully saturated rings. The Morgan fingerprint density at radius 1 is 1.09 bits per heavy atom. The number of hydrogen-bond donors (Lipinski definition) is 2. The van der Waals surface area contributed by atoms with Crippen LogP contribution in [-0.2, 0) is 6.42 Å². The summed E-state index contributed by atoms with van der Waals surface area (Å²) >= 11 is 5.28. The first kappa shape index (κ1) is 14.9. The lowest BCUT2D eigenvalue weighted by Gasteiger charge is -2.27. The summed E-state index contributed by atoms with van der Waals surface area (Å²) in [4.78, 5) is 0. The van der Waals surface area contributed by atoms with Gasteiger partial charge in [-0.3, -0.25) is 0 Å². The van der Waals surface area contributed by atoms with E-state index in [0.717, 1.165) is 31.4 Å². The van der Waals surface area contributed by atoms with Gasteiger partial charge < -0.3 is 10.6 Å². The second-order valence-corrected chi connectivity index (χ2v) is 5.78. The van der Waals surface area contributed by atoms with Gasteiger partial charge in [0.1, 0.15) is 0 Å². The summed E-state index contributed by atoms with van der Waals surface area (Å²) in [6, 6.07) is 12.1. The number of hydrogen-bond acceptors (Lipinski definition) is 1. The van der Waals surface area contributed by atoms with E-state index < -0.39 is 11.6 Å². The van der Waals surface area contributed by atoms with Gasteiger partial charge in [0.15, 0.2) is 16.7 Å². The number of anilines is 1. The smallest absolute Gasteiger partial charge is 0.171 e. The molecule has 1 atom stereocenters. The molecule has 114 valence electrons. The predicted molar refractivity (Wildman–Crippen MR) is 87.8 cm³/mol. The molecule has 2 nitrogen and oxygen atoms in total. The van der Waals surface area contributed by atoms with E-state index in [9.17, 15) is 8.78 Å². The Labute approximate surface area is 133 Å². The SMILES string of the molecule is Fc1ccc(NC(=S)N[C@@H]2CCCc3ccccc32)cc1F. The van der Waals surface area contributed by atoms with E-state index in [0.29, 0.717) is 10.8 Å². The van der Waals surface area contributed by atoms with Gasteiger partial charge in [-0.15, -0.1) is 0 Å². The van der Waals surface area contributed by atoms with E-state index in [1.165, 1.54) is 17.2 Å². The highest BCUT2D eigenvalue weighted by Gasteiger charge is 2.20. The lowest BCUT2D eigenvalue weighted by Crippen LogP contribution is -2.34. The second-order valence-electron chi connectivity index (χ2n) is 5.37. The molecule has 0 saturated carbocycles. The average molecular weight is 318 g/mol. The average Bonchev–Trinajstić information content (AvgIpc) is 2.51. The maximum Gasteiger partial charge on any atom is 0.171 e. The number of aryl methyl sites for hydroxylation is 1. The molecule has 0 aromatic heterocycles.